The predicted octanol–water partition coefficient (Wildman–Crippen LogP) is 6.09. The van der Waals surface area contributed by atoms with Crippen molar-refractivity contribution < 1.29 is 9.59 Å². The Kier molecular flexibility index (Phi) is 14.8. The summed E-state index contributed by atoms with van der Waals surface area (Å²) < 4.78 is 0. The van der Waals surface area contributed by atoms with Crippen LogP contribution in [0.4, 0.5) is 0 Å². The molecule has 1 aliphatic rings. The Morgan fingerprint density at radius 2 is 1.53 bits per heavy atom. The van der Waals surface area contributed by atoms with Gasteiger partial charge in [0, 0.05) is 31.5 Å². The highest BCUT2D eigenvalue weighted by molar-refractivity contribution is 5.76. The van der Waals surface area contributed by atoms with Gasteiger partial charge in [-0.05, 0) is 65.2 Å². The maximum absolute atomic E-state index is 12.3. The first-order valence-electron chi connectivity index (χ1n) is 12.1. The maximum atomic E-state index is 12.3. The normalized spacial score (nSPS) is 14.4. The number of nitrogens with one attached hydrogen (secondary N) is 1. The highest BCUT2D eigenvalue weighted by Crippen LogP contribution is 2.18. The molecular formula is C26H44N2O2. The van der Waals surface area contributed by atoms with Crippen molar-refractivity contribution >= 4 is 11.8 Å². The molecule has 4 heteroatoms. The molecule has 0 aromatic rings. The molecule has 0 spiro atoms. The van der Waals surface area contributed by atoms with Crippen LogP contribution in [0.3, 0.4) is 0 Å². The lowest BCUT2D eigenvalue weighted by Gasteiger charge is -2.26. The fraction of sp³-hybridized carbons (Fsp3) is 0.692. The number of amides is 2. The molecule has 1 rings (SSSR count). The number of carbonyl (C=O) groups excluding carboxylic acids is 2. The molecule has 0 heterocycles. The first-order chi connectivity index (χ1) is 14.5. The summed E-state index contributed by atoms with van der Waals surface area (Å²) in [6.07, 6.45) is 24.7. The molecule has 4 nitrogen and oxygen atoms in total. The number of carbonyl (C=O) groups is 2. The van der Waals surface area contributed by atoms with E-state index in [0.717, 1.165) is 70.8 Å². The molecule has 0 unspecified atom stereocenters. The van der Waals surface area contributed by atoms with Crippen molar-refractivity contribution in [2.75, 3.05) is 6.54 Å². The van der Waals surface area contributed by atoms with E-state index in [1.54, 1.807) is 0 Å². The molecular weight excluding hydrogens is 372 g/mol. The van der Waals surface area contributed by atoms with Crippen LogP contribution >= 0.6 is 0 Å². The van der Waals surface area contributed by atoms with E-state index >= 15 is 0 Å². The van der Waals surface area contributed by atoms with E-state index < -0.39 is 0 Å². The summed E-state index contributed by atoms with van der Waals surface area (Å²) in [5, 5.41) is 3.02. The van der Waals surface area contributed by atoms with Gasteiger partial charge in [0.05, 0.1) is 0 Å². The molecule has 0 aromatic heterocycles. The van der Waals surface area contributed by atoms with Crippen LogP contribution in [0.25, 0.3) is 0 Å². The number of unbranched alkanes of at least 4 members (excludes halogenated alkanes) is 3. The molecule has 1 fully saturated rings. The zero-order chi connectivity index (χ0) is 22.0. The van der Waals surface area contributed by atoms with Crippen LogP contribution in [-0.4, -0.2) is 35.3 Å². The number of hydrogen-bond donors (Lipinski definition) is 1. The summed E-state index contributed by atoms with van der Waals surface area (Å²) in [6.45, 7) is 7.17. The fourth-order valence-corrected chi connectivity index (χ4v) is 3.24. The van der Waals surface area contributed by atoms with Gasteiger partial charge in [-0.25, -0.2) is 0 Å². The minimum atomic E-state index is 0.204. The van der Waals surface area contributed by atoms with Crippen molar-refractivity contribution in [3.63, 3.8) is 0 Å². The number of rotatable bonds is 17. The second-order valence-electron chi connectivity index (χ2n) is 8.55. The highest BCUT2D eigenvalue weighted by Gasteiger charge is 2.22. The predicted molar refractivity (Wildman–Crippen MR) is 127 cm³/mol. The fourth-order valence-electron chi connectivity index (χ4n) is 3.24. The third kappa shape index (κ3) is 14.2. The lowest BCUT2D eigenvalue weighted by Crippen LogP contribution is -2.37. The van der Waals surface area contributed by atoms with Gasteiger partial charge in [-0.3, -0.25) is 9.59 Å². The smallest absolute Gasteiger partial charge is 0.222 e. The van der Waals surface area contributed by atoms with Crippen LogP contribution in [0.1, 0.15) is 97.8 Å². The van der Waals surface area contributed by atoms with Gasteiger partial charge in [-0.1, -0.05) is 56.2 Å². The van der Waals surface area contributed by atoms with E-state index in [2.05, 4.69) is 62.5 Å². The van der Waals surface area contributed by atoms with Crippen molar-refractivity contribution in [3.8, 4) is 0 Å². The zero-order valence-corrected chi connectivity index (χ0v) is 19.6. The summed E-state index contributed by atoms with van der Waals surface area (Å²) in [6, 6.07) is 0.742. The van der Waals surface area contributed by atoms with Crippen molar-refractivity contribution in [1.29, 1.82) is 0 Å². The summed E-state index contributed by atoms with van der Waals surface area (Å²) in [4.78, 5) is 25.9. The molecule has 170 valence electrons. The van der Waals surface area contributed by atoms with E-state index in [9.17, 15) is 9.59 Å². The van der Waals surface area contributed by atoms with Gasteiger partial charge in [0.2, 0.25) is 11.8 Å². The molecule has 0 aliphatic heterocycles. The molecule has 30 heavy (non-hydrogen) atoms. The summed E-state index contributed by atoms with van der Waals surface area (Å²) in [5.41, 5.74) is 0. The van der Waals surface area contributed by atoms with Crippen molar-refractivity contribution in [3.05, 3.63) is 36.5 Å². The van der Waals surface area contributed by atoms with E-state index in [4.69, 9.17) is 0 Å². The Labute approximate surface area is 184 Å². The van der Waals surface area contributed by atoms with Gasteiger partial charge >= 0.3 is 0 Å². The van der Waals surface area contributed by atoms with Crippen LogP contribution in [0.15, 0.2) is 36.5 Å². The summed E-state index contributed by atoms with van der Waals surface area (Å²) in [5.74, 6) is 0.497. The Morgan fingerprint density at radius 3 is 2.13 bits per heavy atom. The van der Waals surface area contributed by atoms with Crippen LogP contribution in [-0.2, 0) is 9.59 Å². The average molecular weight is 417 g/mol. The van der Waals surface area contributed by atoms with Gasteiger partial charge < -0.3 is 10.2 Å². The standard InChI is InChI=1S/C26H44N2O2/c1-4-5-15-19-26(30)28(23(2)3)22-17-14-12-10-8-6-7-9-11-13-16-18-25(29)27-24-20-21-24/h6,8-9,11-12,14,23-24H,4-5,7,10,13,15-22H2,1-3H3,(H,27,29). The Morgan fingerprint density at radius 1 is 0.900 bits per heavy atom. The van der Waals surface area contributed by atoms with E-state index in [1.807, 2.05) is 4.90 Å². The topological polar surface area (TPSA) is 49.4 Å². The summed E-state index contributed by atoms with van der Waals surface area (Å²) in [7, 11) is 0. The lowest BCUT2D eigenvalue weighted by molar-refractivity contribution is -0.133. The van der Waals surface area contributed by atoms with Gasteiger partial charge in [-0.15, -0.1) is 0 Å². The molecule has 1 aliphatic carbocycles. The molecule has 2 amide bonds. The van der Waals surface area contributed by atoms with Crippen LogP contribution in [0.2, 0.25) is 0 Å². The van der Waals surface area contributed by atoms with Crippen molar-refractivity contribution in [2.24, 2.45) is 0 Å². The Hall–Kier alpha value is -1.84. The third-order valence-corrected chi connectivity index (χ3v) is 5.24. The molecule has 0 bridgehead atoms. The zero-order valence-electron chi connectivity index (χ0n) is 19.6. The molecule has 0 saturated heterocycles. The van der Waals surface area contributed by atoms with Crippen molar-refractivity contribution in [2.45, 2.75) is 110 Å². The maximum Gasteiger partial charge on any atom is 0.222 e. The Bertz CT molecular complexity index is 559. The Balaban J connectivity index is 2.04. The second-order valence-corrected chi connectivity index (χ2v) is 8.55. The minimum absolute atomic E-state index is 0.204. The first kappa shape index (κ1) is 26.2. The first-order valence-corrected chi connectivity index (χ1v) is 12.1. The monoisotopic (exact) mass is 416 g/mol. The quantitative estimate of drug-likeness (QED) is 0.230. The summed E-state index contributed by atoms with van der Waals surface area (Å²) >= 11 is 0. The number of hydrogen-bond acceptors (Lipinski definition) is 2. The van der Waals surface area contributed by atoms with Gasteiger partial charge in [0.1, 0.15) is 0 Å². The van der Waals surface area contributed by atoms with E-state index in [0.29, 0.717) is 24.8 Å². The van der Waals surface area contributed by atoms with Gasteiger partial charge in [-0.2, -0.15) is 0 Å². The largest absolute Gasteiger partial charge is 0.353 e. The molecule has 0 radical (unpaired) electrons. The van der Waals surface area contributed by atoms with Crippen LogP contribution in [0, 0.1) is 0 Å². The van der Waals surface area contributed by atoms with Gasteiger partial charge in [0.25, 0.3) is 0 Å². The van der Waals surface area contributed by atoms with Crippen LogP contribution in [0.5, 0.6) is 0 Å². The number of nitrogens with zero attached hydrogens (tertiary/aromatic N) is 1. The molecule has 1 saturated carbocycles. The third-order valence-electron chi connectivity index (χ3n) is 5.24. The van der Waals surface area contributed by atoms with E-state index in [1.165, 1.54) is 0 Å². The van der Waals surface area contributed by atoms with Crippen LogP contribution < -0.4 is 5.32 Å². The minimum Gasteiger partial charge on any atom is -0.353 e. The molecule has 1 N–H and O–H groups in total. The molecule has 0 atom stereocenters. The van der Waals surface area contributed by atoms with E-state index in [-0.39, 0.29) is 11.9 Å². The molecule has 0 aromatic carbocycles. The number of allylic oxidation sites excluding steroid dienone is 5. The average Bonchev–Trinajstić information content (AvgIpc) is 3.52. The highest BCUT2D eigenvalue weighted by atomic mass is 16.2. The lowest BCUT2D eigenvalue weighted by atomic mass is 10.1. The SMILES string of the molecule is CCCCCC(=O)N(CCC=CCC=CCC=CCCCC(=O)NC1CC1)C(C)C. The van der Waals surface area contributed by atoms with Crippen molar-refractivity contribution in [1.82, 2.24) is 10.2 Å². The second kappa shape index (κ2) is 16.9. The van der Waals surface area contributed by atoms with Gasteiger partial charge in [0.15, 0.2) is 0 Å².